The van der Waals surface area contributed by atoms with Crippen LogP contribution in [0, 0.1) is 0 Å². The van der Waals surface area contributed by atoms with Crippen LogP contribution in [-0.4, -0.2) is 35.9 Å². The number of carbonyl (C=O) groups is 1. The third-order valence-electron chi connectivity index (χ3n) is 5.32. The molecule has 3 heterocycles. The minimum atomic E-state index is -0.314. The maximum Gasteiger partial charge on any atom is 0.237 e. The molecule has 0 radical (unpaired) electrons. The Morgan fingerprint density at radius 1 is 1.09 bits per heavy atom. The van der Waals surface area contributed by atoms with E-state index in [1.165, 1.54) is 5.56 Å². The molecule has 1 fully saturated rings. The molecular formula is C19H21N3O. The van der Waals surface area contributed by atoms with Crippen LogP contribution in [0.5, 0.6) is 0 Å². The number of likely N-dealkylation sites (N-methyl/N-ethyl adjacent to an activating group) is 1. The fraction of sp³-hybridized carbons (Fsp3) is 0.368. The van der Waals surface area contributed by atoms with Gasteiger partial charge in [-0.1, -0.05) is 24.3 Å². The Labute approximate surface area is 136 Å². The number of pyridine rings is 1. The summed E-state index contributed by atoms with van der Waals surface area (Å²) in [7, 11) is 1.90. The molecule has 4 nitrogen and oxygen atoms in total. The molecule has 0 atom stereocenters. The van der Waals surface area contributed by atoms with Crippen molar-refractivity contribution in [2.75, 3.05) is 25.0 Å². The minimum Gasteiger partial charge on any atom is -0.314 e. The van der Waals surface area contributed by atoms with Gasteiger partial charge in [0.05, 0.1) is 11.1 Å². The number of hydrogen-bond acceptors (Lipinski definition) is 3. The van der Waals surface area contributed by atoms with Crippen molar-refractivity contribution in [1.82, 2.24) is 9.88 Å². The maximum atomic E-state index is 12.9. The summed E-state index contributed by atoms with van der Waals surface area (Å²) >= 11 is 0. The molecule has 0 aliphatic carbocycles. The van der Waals surface area contributed by atoms with Crippen LogP contribution in [0.15, 0.2) is 48.7 Å². The number of amides is 1. The molecule has 2 aromatic rings. The van der Waals surface area contributed by atoms with Gasteiger partial charge in [0.1, 0.15) is 0 Å². The van der Waals surface area contributed by atoms with Gasteiger partial charge in [0.2, 0.25) is 5.91 Å². The van der Waals surface area contributed by atoms with Gasteiger partial charge in [0, 0.05) is 25.5 Å². The number of nitrogens with zero attached hydrogens (tertiary/aromatic N) is 3. The second kappa shape index (κ2) is 5.46. The van der Waals surface area contributed by atoms with E-state index in [9.17, 15) is 4.79 Å². The Morgan fingerprint density at radius 2 is 1.83 bits per heavy atom. The number of piperidine rings is 1. The third kappa shape index (κ3) is 2.25. The summed E-state index contributed by atoms with van der Waals surface area (Å²) in [5, 5.41) is 0. The molecule has 1 spiro atoms. The lowest BCUT2D eigenvalue weighted by molar-refractivity contribution is -0.124. The van der Waals surface area contributed by atoms with Crippen molar-refractivity contribution < 1.29 is 4.79 Å². The predicted octanol–water partition coefficient (Wildman–Crippen LogP) is 2.59. The molecule has 23 heavy (non-hydrogen) atoms. The zero-order chi connectivity index (χ0) is 15.9. The van der Waals surface area contributed by atoms with Crippen LogP contribution in [0.4, 0.5) is 5.69 Å². The Morgan fingerprint density at radius 3 is 2.57 bits per heavy atom. The Kier molecular flexibility index (Phi) is 3.42. The zero-order valence-electron chi connectivity index (χ0n) is 13.4. The van der Waals surface area contributed by atoms with Crippen molar-refractivity contribution in [1.29, 1.82) is 0 Å². The van der Waals surface area contributed by atoms with Gasteiger partial charge in [-0.05, 0) is 49.7 Å². The molecule has 0 saturated carbocycles. The Hall–Kier alpha value is -2.20. The molecule has 0 unspecified atom stereocenters. The smallest absolute Gasteiger partial charge is 0.237 e. The van der Waals surface area contributed by atoms with Crippen LogP contribution in [0.2, 0.25) is 0 Å². The van der Waals surface area contributed by atoms with E-state index in [1.807, 2.05) is 42.4 Å². The number of rotatable bonds is 2. The highest BCUT2D eigenvalue weighted by Gasteiger charge is 2.50. The molecule has 1 saturated heterocycles. The number of carbonyl (C=O) groups excluding carboxylic acids is 1. The number of para-hydroxylation sites is 1. The van der Waals surface area contributed by atoms with E-state index in [1.54, 1.807) is 0 Å². The van der Waals surface area contributed by atoms with Gasteiger partial charge in [0.25, 0.3) is 0 Å². The first-order valence-electron chi connectivity index (χ1n) is 8.21. The van der Waals surface area contributed by atoms with E-state index in [4.69, 9.17) is 0 Å². The summed E-state index contributed by atoms with van der Waals surface area (Å²) < 4.78 is 0. The first-order chi connectivity index (χ1) is 11.2. The highest BCUT2D eigenvalue weighted by Crippen LogP contribution is 2.47. The molecule has 2 aliphatic rings. The first kappa shape index (κ1) is 14.4. The van der Waals surface area contributed by atoms with Crippen LogP contribution in [-0.2, 0) is 16.8 Å². The largest absolute Gasteiger partial charge is 0.314 e. The number of fused-ring (bicyclic) bond motifs is 2. The Balaban J connectivity index is 1.54. The van der Waals surface area contributed by atoms with Crippen molar-refractivity contribution in [2.24, 2.45) is 0 Å². The van der Waals surface area contributed by atoms with E-state index in [0.29, 0.717) is 0 Å². The van der Waals surface area contributed by atoms with Crippen LogP contribution in [0.3, 0.4) is 0 Å². The van der Waals surface area contributed by atoms with Crippen molar-refractivity contribution in [3.05, 3.63) is 59.9 Å². The second-order valence-electron chi connectivity index (χ2n) is 6.56. The minimum absolute atomic E-state index is 0.260. The number of anilines is 1. The lowest BCUT2D eigenvalue weighted by Gasteiger charge is -2.38. The Bertz CT molecular complexity index is 720. The molecule has 2 aliphatic heterocycles. The third-order valence-corrected chi connectivity index (χ3v) is 5.32. The lowest BCUT2D eigenvalue weighted by Crippen LogP contribution is -2.47. The molecule has 1 aromatic heterocycles. The van der Waals surface area contributed by atoms with Crippen LogP contribution in [0.1, 0.15) is 24.1 Å². The molecule has 1 amide bonds. The fourth-order valence-corrected chi connectivity index (χ4v) is 4.01. The maximum absolute atomic E-state index is 12.9. The molecule has 0 bridgehead atoms. The molecule has 1 aromatic carbocycles. The highest BCUT2D eigenvalue weighted by atomic mass is 16.2. The number of hydrogen-bond donors (Lipinski definition) is 0. The first-order valence-corrected chi connectivity index (χ1v) is 8.21. The molecule has 118 valence electrons. The fourth-order valence-electron chi connectivity index (χ4n) is 4.01. The van der Waals surface area contributed by atoms with Crippen LogP contribution >= 0.6 is 0 Å². The van der Waals surface area contributed by atoms with Crippen molar-refractivity contribution >= 4 is 11.6 Å². The zero-order valence-corrected chi connectivity index (χ0v) is 13.4. The SMILES string of the molecule is CN1C(=O)C2(CCN(Cc3ccccn3)CC2)c2ccccc21. The molecule has 4 rings (SSSR count). The van der Waals surface area contributed by atoms with Gasteiger partial charge in [-0.2, -0.15) is 0 Å². The van der Waals surface area contributed by atoms with Gasteiger partial charge >= 0.3 is 0 Å². The highest BCUT2D eigenvalue weighted by molar-refractivity contribution is 6.07. The standard InChI is InChI=1S/C19H21N3O/c1-21-17-8-3-2-7-16(17)19(18(21)23)9-12-22(13-10-19)14-15-6-4-5-11-20-15/h2-8,11H,9-10,12-14H2,1H3. The number of likely N-dealkylation sites (tertiary alicyclic amines) is 1. The topological polar surface area (TPSA) is 36.4 Å². The van der Waals surface area contributed by atoms with Crippen molar-refractivity contribution in [3.63, 3.8) is 0 Å². The predicted molar refractivity (Wildman–Crippen MR) is 90.3 cm³/mol. The number of aromatic nitrogens is 1. The van der Waals surface area contributed by atoms with Gasteiger partial charge in [-0.3, -0.25) is 14.7 Å². The monoisotopic (exact) mass is 307 g/mol. The second-order valence-corrected chi connectivity index (χ2v) is 6.56. The van der Waals surface area contributed by atoms with E-state index in [2.05, 4.69) is 28.1 Å². The van der Waals surface area contributed by atoms with E-state index >= 15 is 0 Å². The van der Waals surface area contributed by atoms with E-state index < -0.39 is 0 Å². The average Bonchev–Trinajstić information content (AvgIpc) is 2.81. The lowest BCUT2D eigenvalue weighted by atomic mass is 9.73. The van der Waals surface area contributed by atoms with Crippen LogP contribution < -0.4 is 4.90 Å². The summed E-state index contributed by atoms with van der Waals surface area (Å²) in [5.41, 5.74) is 3.07. The molecular weight excluding hydrogens is 286 g/mol. The quantitative estimate of drug-likeness (QED) is 0.855. The average molecular weight is 307 g/mol. The van der Waals surface area contributed by atoms with Crippen molar-refractivity contribution in [2.45, 2.75) is 24.8 Å². The van der Waals surface area contributed by atoms with Crippen molar-refractivity contribution in [3.8, 4) is 0 Å². The molecule has 0 N–H and O–H groups in total. The number of benzene rings is 1. The summed E-state index contributed by atoms with van der Waals surface area (Å²) in [6.45, 7) is 2.73. The van der Waals surface area contributed by atoms with Gasteiger partial charge in [0.15, 0.2) is 0 Å². The van der Waals surface area contributed by atoms with Gasteiger partial charge in [-0.25, -0.2) is 0 Å². The normalized spacial score (nSPS) is 20.0. The van der Waals surface area contributed by atoms with E-state index in [0.717, 1.165) is 43.9 Å². The molecule has 4 heteroatoms. The summed E-state index contributed by atoms with van der Waals surface area (Å²) in [5.74, 6) is 0.260. The van der Waals surface area contributed by atoms with E-state index in [-0.39, 0.29) is 11.3 Å². The van der Waals surface area contributed by atoms with Crippen LogP contribution in [0.25, 0.3) is 0 Å². The summed E-state index contributed by atoms with van der Waals surface area (Å²) in [6.07, 6.45) is 3.62. The summed E-state index contributed by atoms with van der Waals surface area (Å²) in [4.78, 5) is 21.5. The summed E-state index contributed by atoms with van der Waals surface area (Å²) in [6, 6.07) is 14.3. The van der Waals surface area contributed by atoms with Gasteiger partial charge < -0.3 is 4.90 Å². The van der Waals surface area contributed by atoms with Gasteiger partial charge in [-0.15, -0.1) is 0 Å².